The van der Waals surface area contributed by atoms with E-state index in [9.17, 15) is 14.4 Å². The van der Waals surface area contributed by atoms with Gasteiger partial charge in [0.2, 0.25) is 11.8 Å². The maximum absolute atomic E-state index is 11.5. The maximum atomic E-state index is 11.5. The largest absolute Gasteiger partial charge is 0.478 e. The average Bonchev–Trinajstić information content (AvgIpc) is 2.63. The number of benzene rings is 1. The minimum absolute atomic E-state index is 0.106. The van der Waals surface area contributed by atoms with Gasteiger partial charge in [0.05, 0.1) is 12.1 Å². The second-order valence-corrected chi connectivity index (χ2v) is 4.94. The van der Waals surface area contributed by atoms with Crippen LogP contribution in [-0.2, 0) is 16.1 Å². The Bertz CT molecular complexity index is 569. The van der Waals surface area contributed by atoms with E-state index in [0.717, 1.165) is 4.90 Å². The van der Waals surface area contributed by atoms with Crippen molar-refractivity contribution in [3.8, 4) is 0 Å². The third-order valence-electron chi connectivity index (χ3n) is 2.86. The highest BCUT2D eigenvalue weighted by atomic mass is 35.5. The fourth-order valence-corrected chi connectivity index (χ4v) is 2.47. The summed E-state index contributed by atoms with van der Waals surface area (Å²) in [5, 5.41) is 9.42. The number of hydrogen-bond donors (Lipinski definition) is 1. The highest BCUT2D eigenvalue weighted by Gasteiger charge is 2.30. The highest BCUT2D eigenvalue weighted by Crippen LogP contribution is 2.28. The molecule has 1 N–H and O–H groups in total. The zero-order chi connectivity index (χ0) is 14.2. The van der Waals surface area contributed by atoms with Crippen LogP contribution in [0.5, 0.6) is 0 Å². The Hall–Kier alpha value is -1.59. The number of hydrogen-bond acceptors (Lipinski definition) is 3. The third kappa shape index (κ3) is 2.72. The van der Waals surface area contributed by atoms with Gasteiger partial charge in [0.1, 0.15) is 0 Å². The Balaban J connectivity index is 2.42. The number of nitrogens with zero attached hydrogens (tertiary/aromatic N) is 1. The number of carboxylic acids is 1. The molecule has 100 valence electrons. The Morgan fingerprint density at radius 1 is 1.21 bits per heavy atom. The molecule has 19 heavy (non-hydrogen) atoms. The van der Waals surface area contributed by atoms with Crippen LogP contribution in [0, 0.1) is 0 Å². The van der Waals surface area contributed by atoms with Gasteiger partial charge in [0.15, 0.2) is 0 Å². The fourth-order valence-electron chi connectivity index (χ4n) is 1.91. The van der Waals surface area contributed by atoms with Crippen molar-refractivity contribution in [1.29, 1.82) is 0 Å². The molecular formula is C12H9Cl2NO4. The Morgan fingerprint density at radius 3 is 2.32 bits per heavy atom. The van der Waals surface area contributed by atoms with E-state index in [1.165, 1.54) is 12.1 Å². The van der Waals surface area contributed by atoms with E-state index in [-0.39, 0.29) is 52.4 Å². The molecule has 0 atom stereocenters. The number of likely N-dealkylation sites (tertiary alicyclic amines) is 1. The lowest BCUT2D eigenvalue weighted by Gasteiger charge is -2.16. The number of imide groups is 1. The van der Waals surface area contributed by atoms with E-state index in [2.05, 4.69) is 0 Å². The van der Waals surface area contributed by atoms with E-state index in [1.807, 2.05) is 0 Å². The van der Waals surface area contributed by atoms with E-state index in [0.29, 0.717) is 0 Å². The second-order valence-electron chi connectivity index (χ2n) is 4.09. The van der Waals surface area contributed by atoms with E-state index in [1.54, 1.807) is 0 Å². The topological polar surface area (TPSA) is 74.7 Å². The first-order valence-corrected chi connectivity index (χ1v) is 6.20. The van der Waals surface area contributed by atoms with Crippen LogP contribution in [0.3, 0.4) is 0 Å². The van der Waals surface area contributed by atoms with Crippen molar-refractivity contribution < 1.29 is 19.5 Å². The molecule has 1 fully saturated rings. The predicted octanol–water partition coefficient (Wildman–Crippen LogP) is 2.34. The van der Waals surface area contributed by atoms with Crippen LogP contribution in [0.25, 0.3) is 0 Å². The first kappa shape index (κ1) is 13.8. The molecular weight excluding hydrogens is 293 g/mol. The number of carbonyl (C=O) groups is 3. The van der Waals surface area contributed by atoms with Crippen LogP contribution in [-0.4, -0.2) is 27.8 Å². The summed E-state index contributed by atoms with van der Waals surface area (Å²) in [4.78, 5) is 35.2. The van der Waals surface area contributed by atoms with Crippen LogP contribution in [0.1, 0.15) is 28.8 Å². The standard InChI is InChI=1S/C12H9Cl2NO4/c13-6-3-7(12(18)19)8(9(14)4-6)5-15-10(16)1-2-11(15)17/h3-4H,1-2,5H2,(H,18,19). The van der Waals surface area contributed by atoms with Gasteiger partial charge in [-0.1, -0.05) is 23.2 Å². The summed E-state index contributed by atoms with van der Waals surface area (Å²) in [5.41, 5.74) is 0.104. The van der Waals surface area contributed by atoms with Crippen molar-refractivity contribution in [1.82, 2.24) is 4.90 Å². The molecule has 0 aliphatic carbocycles. The summed E-state index contributed by atoms with van der Waals surface area (Å²) in [6.45, 7) is -0.144. The van der Waals surface area contributed by atoms with Crippen molar-refractivity contribution in [3.05, 3.63) is 33.3 Å². The SMILES string of the molecule is O=C(O)c1cc(Cl)cc(Cl)c1CN1C(=O)CCC1=O. The molecule has 0 spiro atoms. The number of carbonyl (C=O) groups excluding carboxylic acids is 2. The third-order valence-corrected chi connectivity index (χ3v) is 3.42. The van der Waals surface area contributed by atoms with Gasteiger partial charge in [0.25, 0.3) is 0 Å². The van der Waals surface area contributed by atoms with Gasteiger partial charge in [-0.15, -0.1) is 0 Å². The lowest BCUT2D eigenvalue weighted by atomic mass is 10.1. The minimum atomic E-state index is -1.21. The van der Waals surface area contributed by atoms with Gasteiger partial charge in [-0.25, -0.2) is 4.79 Å². The number of aromatic carboxylic acids is 1. The molecule has 0 saturated carbocycles. The minimum Gasteiger partial charge on any atom is -0.478 e. The quantitative estimate of drug-likeness (QED) is 0.870. The molecule has 0 radical (unpaired) electrons. The Labute approximate surface area is 118 Å². The summed E-state index contributed by atoms with van der Waals surface area (Å²) in [6.07, 6.45) is 0.291. The molecule has 0 aromatic heterocycles. The predicted molar refractivity (Wildman–Crippen MR) is 68.2 cm³/mol. The van der Waals surface area contributed by atoms with Gasteiger partial charge in [-0.05, 0) is 12.1 Å². The normalized spacial score (nSPS) is 15.2. The van der Waals surface area contributed by atoms with Crippen LogP contribution in [0.2, 0.25) is 10.0 Å². The van der Waals surface area contributed by atoms with Crippen molar-refractivity contribution >= 4 is 41.0 Å². The molecule has 1 aliphatic heterocycles. The van der Waals surface area contributed by atoms with Gasteiger partial charge in [-0.3, -0.25) is 14.5 Å². The number of amides is 2. The van der Waals surface area contributed by atoms with Crippen LogP contribution in [0.15, 0.2) is 12.1 Å². The monoisotopic (exact) mass is 301 g/mol. The molecule has 7 heteroatoms. The second kappa shape index (κ2) is 5.19. The lowest BCUT2D eigenvalue weighted by molar-refractivity contribution is -0.139. The van der Waals surface area contributed by atoms with Crippen molar-refractivity contribution in [2.24, 2.45) is 0 Å². The van der Waals surface area contributed by atoms with E-state index < -0.39 is 5.97 Å². The maximum Gasteiger partial charge on any atom is 0.336 e. The summed E-state index contributed by atoms with van der Waals surface area (Å²) in [7, 11) is 0. The molecule has 1 heterocycles. The van der Waals surface area contributed by atoms with Gasteiger partial charge < -0.3 is 5.11 Å². The first-order valence-electron chi connectivity index (χ1n) is 5.44. The highest BCUT2D eigenvalue weighted by molar-refractivity contribution is 6.35. The molecule has 2 amide bonds. The van der Waals surface area contributed by atoms with Crippen LogP contribution >= 0.6 is 23.2 Å². The molecule has 5 nitrogen and oxygen atoms in total. The van der Waals surface area contributed by atoms with E-state index >= 15 is 0 Å². The van der Waals surface area contributed by atoms with Gasteiger partial charge in [0, 0.05) is 28.5 Å². The van der Waals surface area contributed by atoms with Crippen LogP contribution in [0.4, 0.5) is 0 Å². The molecule has 1 saturated heterocycles. The fraction of sp³-hybridized carbons (Fsp3) is 0.250. The molecule has 1 aromatic carbocycles. The molecule has 0 bridgehead atoms. The van der Waals surface area contributed by atoms with E-state index in [4.69, 9.17) is 28.3 Å². The van der Waals surface area contributed by atoms with Gasteiger partial charge >= 0.3 is 5.97 Å². The first-order chi connectivity index (χ1) is 8.90. The zero-order valence-electron chi connectivity index (χ0n) is 9.65. The summed E-state index contributed by atoms with van der Waals surface area (Å²) < 4.78 is 0. The Kier molecular flexibility index (Phi) is 3.78. The van der Waals surface area contributed by atoms with Crippen LogP contribution < -0.4 is 0 Å². The smallest absolute Gasteiger partial charge is 0.336 e. The summed E-state index contributed by atoms with van der Waals surface area (Å²) in [6, 6.07) is 2.63. The van der Waals surface area contributed by atoms with Crippen molar-refractivity contribution in [2.75, 3.05) is 0 Å². The Morgan fingerprint density at radius 2 is 1.79 bits per heavy atom. The lowest BCUT2D eigenvalue weighted by Crippen LogP contribution is -2.29. The number of carboxylic acid groups (broad SMARTS) is 1. The van der Waals surface area contributed by atoms with Crippen molar-refractivity contribution in [2.45, 2.75) is 19.4 Å². The molecule has 0 unspecified atom stereocenters. The zero-order valence-corrected chi connectivity index (χ0v) is 11.2. The summed E-state index contributed by atoms with van der Waals surface area (Å²) >= 11 is 11.7. The molecule has 1 aromatic rings. The number of rotatable bonds is 3. The summed E-state index contributed by atoms with van der Waals surface area (Å²) in [5.74, 6) is -1.86. The molecule has 1 aliphatic rings. The molecule has 2 rings (SSSR count). The van der Waals surface area contributed by atoms with Gasteiger partial charge in [-0.2, -0.15) is 0 Å². The number of halogens is 2. The van der Waals surface area contributed by atoms with Crippen molar-refractivity contribution in [3.63, 3.8) is 0 Å². The average molecular weight is 302 g/mol.